The van der Waals surface area contributed by atoms with Crippen LogP contribution in [0, 0.1) is 23.7 Å². The highest BCUT2D eigenvalue weighted by atomic mass is 19.5. The van der Waals surface area contributed by atoms with Gasteiger partial charge in [-0.15, -0.1) is 29.9 Å². The average Bonchev–Trinajstić information content (AvgIpc) is 0.718. The Balaban J connectivity index is 0.953. The van der Waals surface area contributed by atoms with Crippen molar-refractivity contribution in [1.82, 2.24) is 39.7 Å². The fourth-order valence-electron chi connectivity index (χ4n) is 14.9. The Bertz CT molecular complexity index is 2940. The van der Waals surface area contributed by atoms with E-state index in [9.17, 15) is 158 Å². The van der Waals surface area contributed by atoms with Crippen LogP contribution in [0.5, 0.6) is 36.1 Å². The Kier molecular flexibility index (Phi) is 18.7. The molecule has 1 saturated heterocycles. The van der Waals surface area contributed by atoms with Gasteiger partial charge in [0.15, 0.2) is 26.4 Å². The normalized spacial score (nSPS) is 28.2. The van der Waals surface area contributed by atoms with Crippen LogP contribution in [0.1, 0.15) is 77.0 Å². The summed E-state index contributed by atoms with van der Waals surface area (Å²) >= 11 is 0. The van der Waals surface area contributed by atoms with E-state index in [2.05, 4.69) is 48.9 Å². The largest absolute Gasteiger partial charge is 0.460 e. The number of nitrogens with zero attached hydrogens (tertiary/aromatic N) is 8. The van der Waals surface area contributed by atoms with Gasteiger partial charge in [-0.2, -0.15) is 158 Å². The van der Waals surface area contributed by atoms with Gasteiger partial charge in [-0.3, -0.25) is 9.80 Å². The number of halogens is 36. The molecule has 50 heteroatoms. The molecule has 2 aromatic heterocycles. The molecule has 4 atom stereocenters. The van der Waals surface area contributed by atoms with Gasteiger partial charge >= 0.3 is 132 Å². The minimum Gasteiger partial charge on any atom is -0.457 e. The molecular weight excluding hydrogens is 1490 g/mol. The minimum atomic E-state index is -7.54. The van der Waals surface area contributed by atoms with Gasteiger partial charge in [-0.1, -0.05) is 0 Å². The van der Waals surface area contributed by atoms with Crippen molar-refractivity contribution < 1.29 is 186 Å². The van der Waals surface area contributed by atoms with Gasteiger partial charge in [0, 0.05) is 50.1 Å². The molecule has 0 aromatic carbocycles. The lowest BCUT2D eigenvalue weighted by Crippen LogP contribution is -2.72. The third-order valence-corrected chi connectivity index (χ3v) is 18.7. The summed E-state index contributed by atoms with van der Waals surface area (Å²) in [7, 11) is 0. The van der Waals surface area contributed by atoms with Crippen LogP contribution >= 0.6 is 0 Å². The van der Waals surface area contributed by atoms with Crippen molar-refractivity contribution in [2.75, 3.05) is 52.6 Å². The van der Waals surface area contributed by atoms with Crippen molar-refractivity contribution in [2.45, 2.75) is 195 Å². The molecule has 0 N–H and O–H groups in total. The van der Waals surface area contributed by atoms with Gasteiger partial charge in [-0.25, -0.2) is 0 Å². The first-order chi connectivity index (χ1) is 44.8. The van der Waals surface area contributed by atoms with Gasteiger partial charge in [-0.05, 0) is 87.9 Å². The molecule has 1 aliphatic heterocycles. The summed E-state index contributed by atoms with van der Waals surface area (Å²) in [5.74, 6) is -87.8. The van der Waals surface area contributed by atoms with Crippen LogP contribution in [0.15, 0.2) is 0 Å². The molecule has 572 valence electrons. The van der Waals surface area contributed by atoms with Crippen LogP contribution in [0.25, 0.3) is 0 Å². The monoisotopic (exact) mass is 1540 g/mol. The molecule has 3 heterocycles. The van der Waals surface area contributed by atoms with Crippen molar-refractivity contribution in [2.24, 2.45) is 23.7 Å². The number of rotatable bonds is 26. The number of ether oxygens (including phenoxy) is 6. The van der Waals surface area contributed by atoms with Crippen molar-refractivity contribution >= 4 is 0 Å². The molecule has 4 unspecified atom stereocenters. The summed E-state index contributed by atoms with van der Waals surface area (Å²) in [4.78, 5) is 22.8. The zero-order valence-electron chi connectivity index (χ0n) is 49.1. The van der Waals surface area contributed by atoms with E-state index in [0.717, 1.165) is 0 Å². The molecular formula is C50H44F36N8O6. The van der Waals surface area contributed by atoms with Crippen LogP contribution in [-0.2, 0) is 0 Å². The summed E-state index contributed by atoms with van der Waals surface area (Å²) in [6, 6.07) is -10.9. The Hall–Kier alpha value is -5.78. The second-order valence-corrected chi connectivity index (χ2v) is 25.8. The van der Waals surface area contributed by atoms with E-state index >= 15 is 0 Å². The van der Waals surface area contributed by atoms with E-state index in [-0.39, 0.29) is 88.4 Å². The van der Waals surface area contributed by atoms with Gasteiger partial charge in [0.1, 0.15) is 11.2 Å². The minimum absolute atomic E-state index is 0.0557. The predicted molar refractivity (Wildman–Crippen MR) is 250 cm³/mol. The van der Waals surface area contributed by atoms with Gasteiger partial charge in [0.25, 0.3) is 0 Å². The van der Waals surface area contributed by atoms with Crippen LogP contribution in [0.3, 0.4) is 0 Å². The first-order valence-electron chi connectivity index (χ1n) is 28.5. The SMILES string of the molecule is FC(F)(F)C(F)(F)C(F)(F)C(F)(F)COc1nc(OCC(F)(F)C(F)(F)C(F)(F)C(F)(F)F)nc(OC23CC4CC(C2)CC(N2CCN(C56CC7CC(CC(Oc8nc(OCC(F)(F)C(F)(F)C(F)(F)C(F)(F)F)nc(OCC(F)(F)C(F)(F)C(F)(F)C(F)(F)F)n8)(C7)C5)C6)CC2)(C4)C3)n1. The van der Waals surface area contributed by atoms with Crippen LogP contribution < -0.4 is 28.4 Å². The summed E-state index contributed by atoms with van der Waals surface area (Å²) < 4.78 is 523. The van der Waals surface area contributed by atoms with E-state index in [1.165, 1.54) is 0 Å². The quantitative estimate of drug-likeness (QED) is 0.0825. The third-order valence-electron chi connectivity index (χ3n) is 18.7. The molecule has 100 heavy (non-hydrogen) atoms. The van der Waals surface area contributed by atoms with Gasteiger partial charge in [0.2, 0.25) is 0 Å². The molecule has 0 spiro atoms. The standard InChI is InChI=1S/C50H44F36N8O6/c51-35(52,39(59,60)43(67,68)47(75,76)77)17-95-25-87-26(96-18-36(53,54)40(61,62)44(69,70)48(78,79)80)90-29(89-25)99-33-11-21-5-22(12-33)8-31(7-21,15-33)93-1-2-94(4-3-93)32-9-23-6-24(10-32)14-34(13-23,16-32)100-30-91-27(97-19-37(55,56)41(63,64)45(71,72)49(81,82)83)88-28(92-30)98-20-38(57,58)42(65,66)46(73,74)50(84,85)86/h21-24H,1-20H2. The Morgan fingerprint density at radius 2 is 0.460 bits per heavy atom. The van der Waals surface area contributed by atoms with E-state index in [4.69, 9.17) is 9.47 Å². The number of hydrogen-bond acceptors (Lipinski definition) is 14. The first kappa shape index (κ1) is 78.4. The molecule has 14 nitrogen and oxygen atoms in total. The van der Waals surface area contributed by atoms with Crippen molar-refractivity contribution in [3.05, 3.63) is 0 Å². The fourth-order valence-corrected chi connectivity index (χ4v) is 14.9. The number of alkyl halides is 36. The first-order valence-corrected chi connectivity index (χ1v) is 28.5. The maximum absolute atomic E-state index is 14.6. The molecule has 8 aliphatic carbocycles. The topological polar surface area (TPSA) is 139 Å². The molecule has 9 aliphatic rings. The van der Waals surface area contributed by atoms with Gasteiger partial charge < -0.3 is 28.4 Å². The third kappa shape index (κ3) is 13.1. The lowest BCUT2D eigenvalue weighted by Gasteiger charge is -2.67. The summed E-state index contributed by atoms with van der Waals surface area (Å²) in [6.45, 7) is -12.8. The molecule has 0 radical (unpaired) electrons. The highest BCUT2D eigenvalue weighted by molar-refractivity contribution is 5.22. The molecule has 11 rings (SSSR count). The molecule has 8 saturated carbocycles. The summed E-state index contributed by atoms with van der Waals surface area (Å²) in [6.07, 6.45) is -27.9. The molecule has 2 aromatic rings. The van der Waals surface area contributed by atoms with Crippen LogP contribution in [0.4, 0.5) is 158 Å². The lowest BCUT2D eigenvalue weighted by atomic mass is 9.50. The van der Waals surface area contributed by atoms with Crippen LogP contribution in [0.2, 0.25) is 0 Å². The van der Waals surface area contributed by atoms with E-state index in [0.29, 0.717) is 38.5 Å². The molecule has 8 bridgehead atoms. The molecule has 9 fully saturated rings. The maximum atomic E-state index is 14.6. The summed E-state index contributed by atoms with van der Waals surface area (Å²) in [5.41, 5.74) is -5.30. The van der Waals surface area contributed by atoms with Gasteiger partial charge in [0.05, 0.1) is 0 Å². The van der Waals surface area contributed by atoms with E-state index in [1.54, 1.807) is 0 Å². The summed E-state index contributed by atoms with van der Waals surface area (Å²) in [5, 5.41) is 0. The molecule has 0 amide bonds. The Labute approximate surface area is 533 Å². The van der Waals surface area contributed by atoms with Crippen molar-refractivity contribution in [3.63, 3.8) is 0 Å². The number of aromatic nitrogens is 6. The Morgan fingerprint density at radius 1 is 0.270 bits per heavy atom. The van der Waals surface area contributed by atoms with Crippen molar-refractivity contribution in [3.8, 4) is 36.1 Å². The highest BCUT2D eigenvalue weighted by Gasteiger charge is 2.86. The highest BCUT2D eigenvalue weighted by Crippen LogP contribution is 2.65. The van der Waals surface area contributed by atoms with E-state index < -0.39 is 181 Å². The van der Waals surface area contributed by atoms with E-state index in [1.807, 2.05) is 9.80 Å². The predicted octanol–water partition coefficient (Wildman–Crippen LogP) is 14.7. The zero-order valence-corrected chi connectivity index (χ0v) is 49.1. The zero-order chi connectivity index (χ0) is 75.6. The smallest absolute Gasteiger partial charge is 0.457 e. The second-order valence-electron chi connectivity index (χ2n) is 25.8. The fraction of sp³-hybridized carbons (Fsp3) is 0.880. The van der Waals surface area contributed by atoms with Crippen LogP contribution in [-0.4, -0.2) is 210 Å². The Morgan fingerprint density at radius 3 is 0.650 bits per heavy atom. The number of piperazine rings is 1. The average molecular weight is 1540 g/mol. The lowest BCUT2D eigenvalue weighted by molar-refractivity contribution is -0.398. The van der Waals surface area contributed by atoms with Crippen molar-refractivity contribution in [1.29, 1.82) is 0 Å². The maximum Gasteiger partial charge on any atom is 0.460 e. The second kappa shape index (κ2) is 23.9. The number of hydrogen-bond donors (Lipinski definition) is 0.